The molecule has 4 heteroatoms. The molecule has 2 saturated carbocycles. The average Bonchev–Trinajstić information content (AvgIpc) is 2.51. The van der Waals surface area contributed by atoms with Crippen molar-refractivity contribution in [2.24, 2.45) is 17.8 Å². The fraction of sp³-hybridized carbons (Fsp3) is 1.00. The summed E-state index contributed by atoms with van der Waals surface area (Å²) in [5, 5.41) is 0. The maximum Gasteiger partial charge on any atom is 0.389 e. The van der Waals surface area contributed by atoms with Crippen molar-refractivity contribution in [2.45, 2.75) is 89.8 Å². The minimum absolute atomic E-state index is 0.308. The molecule has 2 aliphatic carbocycles. The molecule has 0 N–H and O–H groups in total. The lowest BCUT2D eigenvalue weighted by molar-refractivity contribution is -0.138. The van der Waals surface area contributed by atoms with Crippen molar-refractivity contribution in [3.8, 4) is 0 Å². The molecule has 130 valence electrons. The van der Waals surface area contributed by atoms with Gasteiger partial charge in [0.25, 0.3) is 0 Å². The number of alkyl halides is 3. The predicted molar refractivity (Wildman–Crippen MR) is 82.7 cm³/mol. The summed E-state index contributed by atoms with van der Waals surface area (Å²) in [4.78, 5) is 0. The van der Waals surface area contributed by atoms with E-state index in [-0.39, 0.29) is 0 Å². The van der Waals surface area contributed by atoms with E-state index in [0.717, 1.165) is 50.5 Å². The lowest BCUT2D eigenvalue weighted by Gasteiger charge is -2.38. The summed E-state index contributed by atoms with van der Waals surface area (Å²) in [6.45, 7) is 3.02. The van der Waals surface area contributed by atoms with Crippen molar-refractivity contribution in [2.75, 3.05) is 6.61 Å². The van der Waals surface area contributed by atoms with Gasteiger partial charge in [-0.05, 0) is 69.1 Å². The smallest absolute Gasteiger partial charge is 0.378 e. The highest BCUT2D eigenvalue weighted by molar-refractivity contribution is 4.82. The SMILES string of the molecule is CCCO[C@H]1CC[C@H]([C@H]2CC[C@H](CCC(F)(F)F)CC2)CC1. The van der Waals surface area contributed by atoms with Crippen LogP contribution in [0, 0.1) is 17.8 Å². The minimum Gasteiger partial charge on any atom is -0.378 e. The molecule has 1 nitrogen and oxygen atoms in total. The molecule has 0 aliphatic heterocycles. The molecule has 2 rings (SSSR count). The Morgan fingerprint density at radius 2 is 1.41 bits per heavy atom. The van der Waals surface area contributed by atoms with Gasteiger partial charge in [0.15, 0.2) is 0 Å². The van der Waals surface area contributed by atoms with Crippen LogP contribution in [0.3, 0.4) is 0 Å². The second kappa shape index (κ2) is 8.56. The van der Waals surface area contributed by atoms with Gasteiger partial charge in [0.05, 0.1) is 6.10 Å². The Morgan fingerprint density at radius 3 is 1.91 bits per heavy atom. The van der Waals surface area contributed by atoms with Crippen LogP contribution in [0.2, 0.25) is 0 Å². The molecule has 0 saturated heterocycles. The summed E-state index contributed by atoms with van der Waals surface area (Å²) in [6.07, 6.45) is 6.49. The third-order valence-corrected chi connectivity index (χ3v) is 5.67. The third-order valence-electron chi connectivity index (χ3n) is 5.67. The zero-order valence-electron chi connectivity index (χ0n) is 13.8. The summed E-state index contributed by atoms with van der Waals surface area (Å²) >= 11 is 0. The van der Waals surface area contributed by atoms with E-state index in [2.05, 4.69) is 6.92 Å². The van der Waals surface area contributed by atoms with Gasteiger partial charge < -0.3 is 4.74 Å². The molecular weight excluding hydrogens is 289 g/mol. The first-order valence-corrected chi connectivity index (χ1v) is 9.16. The third kappa shape index (κ3) is 6.10. The minimum atomic E-state index is -3.98. The van der Waals surface area contributed by atoms with Gasteiger partial charge >= 0.3 is 6.18 Å². The van der Waals surface area contributed by atoms with E-state index in [4.69, 9.17) is 4.74 Å². The Balaban J connectivity index is 1.63. The maximum atomic E-state index is 12.3. The number of ether oxygens (including phenoxy) is 1. The second-order valence-electron chi connectivity index (χ2n) is 7.34. The Kier molecular flexibility index (Phi) is 7.04. The summed E-state index contributed by atoms with van der Waals surface area (Å²) in [7, 11) is 0. The fourth-order valence-corrected chi connectivity index (χ4v) is 4.33. The Morgan fingerprint density at radius 1 is 0.864 bits per heavy atom. The van der Waals surface area contributed by atoms with Gasteiger partial charge in [0.2, 0.25) is 0 Å². The quantitative estimate of drug-likeness (QED) is 0.573. The number of hydrogen-bond donors (Lipinski definition) is 0. The van der Waals surface area contributed by atoms with Crippen LogP contribution in [0.5, 0.6) is 0 Å². The highest BCUT2D eigenvalue weighted by Crippen LogP contribution is 2.42. The van der Waals surface area contributed by atoms with Gasteiger partial charge in [-0.3, -0.25) is 0 Å². The first kappa shape index (κ1) is 18.1. The molecule has 0 aromatic carbocycles. The lowest BCUT2D eigenvalue weighted by atomic mass is 9.70. The average molecular weight is 320 g/mol. The van der Waals surface area contributed by atoms with E-state index < -0.39 is 12.6 Å². The number of rotatable bonds is 6. The van der Waals surface area contributed by atoms with E-state index in [1.807, 2.05) is 0 Å². The van der Waals surface area contributed by atoms with Crippen LogP contribution in [0.1, 0.15) is 77.6 Å². The van der Waals surface area contributed by atoms with Gasteiger partial charge in [-0.25, -0.2) is 0 Å². The van der Waals surface area contributed by atoms with Gasteiger partial charge in [0, 0.05) is 13.0 Å². The molecule has 0 amide bonds. The van der Waals surface area contributed by atoms with Crippen LogP contribution >= 0.6 is 0 Å². The predicted octanol–water partition coefficient (Wildman–Crippen LogP) is 6.12. The number of halogens is 3. The van der Waals surface area contributed by atoms with Gasteiger partial charge in [0.1, 0.15) is 0 Å². The maximum absolute atomic E-state index is 12.3. The topological polar surface area (TPSA) is 9.23 Å². The second-order valence-corrected chi connectivity index (χ2v) is 7.34. The zero-order chi connectivity index (χ0) is 16.0. The molecular formula is C18H31F3O. The molecule has 0 aromatic heterocycles. The van der Waals surface area contributed by atoms with Crippen molar-refractivity contribution in [1.29, 1.82) is 0 Å². The summed E-state index contributed by atoms with van der Waals surface area (Å²) in [5.41, 5.74) is 0. The standard InChI is InChI=1S/C18H31F3O/c1-2-13-22-17-9-7-16(8-10-17)15-5-3-14(4-6-15)11-12-18(19,20)21/h14-17H,2-13H2,1H3/t14-,15-,16-,17-. The zero-order valence-corrected chi connectivity index (χ0v) is 13.8. The largest absolute Gasteiger partial charge is 0.389 e. The molecule has 22 heavy (non-hydrogen) atoms. The Bertz CT molecular complexity index is 300. The molecule has 2 aliphatic rings. The molecule has 2 fully saturated rings. The molecule has 0 heterocycles. The molecule has 0 unspecified atom stereocenters. The van der Waals surface area contributed by atoms with Gasteiger partial charge in [-0.1, -0.05) is 19.8 Å². The van der Waals surface area contributed by atoms with Crippen molar-refractivity contribution in [3.63, 3.8) is 0 Å². The van der Waals surface area contributed by atoms with Gasteiger partial charge in [-0.15, -0.1) is 0 Å². The van der Waals surface area contributed by atoms with Crippen LogP contribution in [0.4, 0.5) is 13.2 Å². The van der Waals surface area contributed by atoms with Crippen LogP contribution in [0.25, 0.3) is 0 Å². The molecule has 0 atom stereocenters. The van der Waals surface area contributed by atoms with E-state index in [9.17, 15) is 13.2 Å². The van der Waals surface area contributed by atoms with Crippen molar-refractivity contribution >= 4 is 0 Å². The summed E-state index contributed by atoms with van der Waals surface area (Å²) in [5.74, 6) is 1.86. The fourth-order valence-electron chi connectivity index (χ4n) is 4.33. The molecule has 0 bridgehead atoms. The lowest BCUT2D eigenvalue weighted by Crippen LogP contribution is -2.29. The first-order valence-electron chi connectivity index (χ1n) is 9.16. The van der Waals surface area contributed by atoms with Crippen LogP contribution < -0.4 is 0 Å². The van der Waals surface area contributed by atoms with E-state index >= 15 is 0 Å². The van der Waals surface area contributed by atoms with Crippen molar-refractivity contribution in [3.05, 3.63) is 0 Å². The Labute approximate surface area is 133 Å². The number of hydrogen-bond acceptors (Lipinski definition) is 1. The first-order chi connectivity index (χ1) is 10.5. The molecule has 0 radical (unpaired) electrons. The summed E-state index contributed by atoms with van der Waals surface area (Å²) < 4.78 is 42.7. The monoisotopic (exact) mass is 320 g/mol. The van der Waals surface area contributed by atoms with Crippen LogP contribution in [-0.4, -0.2) is 18.9 Å². The van der Waals surface area contributed by atoms with Crippen molar-refractivity contribution < 1.29 is 17.9 Å². The Hall–Kier alpha value is -0.250. The van der Waals surface area contributed by atoms with E-state index in [1.165, 1.54) is 25.7 Å². The van der Waals surface area contributed by atoms with Gasteiger partial charge in [-0.2, -0.15) is 13.2 Å². The van der Waals surface area contributed by atoms with E-state index in [0.29, 0.717) is 18.4 Å². The van der Waals surface area contributed by atoms with Crippen LogP contribution in [0.15, 0.2) is 0 Å². The molecule has 0 spiro atoms. The highest BCUT2D eigenvalue weighted by Gasteiger charge is 2.33. The molecule has 0 aromatic rings. The van der Waals surface area contributed by atoms with E-state index in [1.54, 1.807) is 0 Å². The normalized spacial score (nSPS) is 33.8. The van der Waals surface area contributed by atoms with Crippen molar-refractivity contribution in [1.82, 2.24) is 0 Å². The van der Waals surface area contributed by atoms with Crippen LogP contribution in [-0.2, 0) is 4.74 Å². The highest BCUT2D eigenvalue weighted by atomic mass is 19.4. The summed E-state index contributed by atoms with van der Waals surface area (Å²) in [6, 6.07) is 0.